The molecule has 0 aromatic carbocycles. The van der Waals surface area contributed by atoms with Gasteiger partial charge in [0.25, 0.3) is 0 Å². The van der Waals surface area contributed by atoms with Gasteiger partial charge in [0.05, 0.1) is 0 Å². The number of allylic oxidation sites excluding steroid dienone is 3. The fourth-order valence-corrected chi connectivity index (χ4v) is 4.51. The third-order valence-corrected chi connectivity index (χ3v) is 5.35. The molecule has 1 nitrogen and oxygen atoms in total. The van der Waals surface area contributed by atoms with Crippen molar-refractivity contribution in [2.24, 2.45) is 11.8 Å². The SMILES string of the molecule is CC1CC=CC2=C1CC1CCCCC1N2C(C)(C)C. The van der Waals surface area contributed by atoms with Crippen LogP contribution in [0, 0.1) is 11.8 Å². The highest BCUT2D eigenvalue weighted by atomic mass is 15.2. The summed E-state index contributed by atoms with van der Waals surface area (Å²) in [5, 5.41) is 0. The van der Waals surface area contributed by atoms with Crippen molar-refractivity contribution in [2.75, 3.05) is 0 Å². The fourth-order valence-electron chi connectivity index (χ4n) is 4.51. The van der Waals surface area contributed by atoms with Crippen LogP contribution < -0.4 is 0 Å². The lowest BCUT2D eigenvalue weighted by Gasteiger charge is -2.54. The van der Waals surface area contributed by atoms with Gasteiger partial charge in [-0.25, -0.2) is 0 Å². The van der Waals surface area contributed by atoms with Crippen molar-refractivity contribution >= 4 is 0 Å². The van der Waals surface area contributed by atoms with Crippen LogP contribution in [-0.2, 0) is 0 Å². The summed E-state index contributed by atoms with van der Waals surface area (Å²) in [7, 11) is 0. The molecule has 106 valence electrons. The molecule has 0 aromatic rings. The third-order valence-electron chi connectivity index (χ3n) is 5.35. The molecule has 3 unspecified atom stereocenters. The van der Waals surface area contributed by atoms with Gasteiger partial charge in [0, 0.05) is 17.3 Å². The molecular formula is C18H29N. The summed E-state index contributed by atoms with van der Waals surface area (Å²) in [4.78, 5) is 2.78. The minimum absolute atomic E-state index is 0.253. The number of hydrogen-bond acceptors (Lipinski definition) is 1. The maximum atomic E-state index is 2.78. The van der Waals surface area contributed by atoms with Gasteiger partial charge in [0.2, 0.25) is 0 Å². The topological polar surface area (TPSA) is 3.24 Å². The highest BCUT2D eigenvalue weighted by Crippen LogP contribution is 2.46. The fraction of sp³-hybridized carbons (Fsp3) is 0.778. The van der Waals surface area contributed by atoms with E-state index < -0.39 is 0 Å². The first-order valence-electron chi connectivity index (χ1n) is 8.17. The second-order valence-corrected chi connectivity index (χ2v) is 7.81. The molecule has 3 aliphatic rings. The molecule has 3 atom stereocenters. The zero-order valence-electron chi connectivity index (χ0n) is 13.1. The summed E-state index contributed by atoms with van der Waals surface area (Å²) in [5.74, 6) is 1.67. The molecule has 1 saturated carbocycles. The maximum absolute atomic E-state index is 2.78. The van der Waals surface area contributed by atoms with Crippen LogP contribution in [0.5, 0.6) is 0 Å². The third kappa shape index (κ3) is 2.26. The van der Waals surface area contributed by atoms with Crippen molar-refractivity contribution in [3.8, 4) is 0 Å². The van der Waals surface area contributed by atoms with E-state index >= 15 is 0 Å². The monoisotopic (exact) mass is 259 g/mol. The average molecular weight is 259 g/mol. The van der Waals surface area contributed by atoms with Crippen LogP contribution in [0.2, 0.25) is 0 Å². The Bertz CT molecular complexity index is 410. The second-order valence-electron chi connectivity index (χ2n) is 7.81. The normalized spacial score (nSPS) is 35.2. The van der Waals surface area contributed by atoms with Gasteiger partial charge in [-0.1, -0.05) is 25.8 Å². The standard InChI is InChI=1S/C18H29N/c1-13-8-7-11-17-15(13)12-14-9-5-6-10-16(14)19(17)18(2,3)4/h7,11,13-14,16H,5-6,8-10,12H2,1-4H3. The Labute approximate surface area is 118 Å². The first-order valence-corrected chi connectivity index (χ1v) is 8.17. The first-order chi connectivity index (χ1) is 8.98. The minimum Gasteiger partial charge on any atom is -0.363 e. The van der Waals surface area contributed by atoms with E-state index in [-0.39, 0.29) is 5.54 Å². The Hall–Kier alpha value is -0.720. The Morgan fingerprint density at radius 3 is 2.63 bits per heavy atom. The molecule has 0 radical (unpaired) electrons. The van der Waals surface area contributed by atoms with Gasteiger partial charge < -0.3 is 4.90 Å². The lowest BCUT2D eigenvalue weighted by atomic mass is 9.71. The summed E-state index contributed by atoms with van der Waals surface area (Å²) in [6, 6.07) is 0.794. The van der Waals surface area contributed by atoms with E-state index in [1.54, 1.807) is 11.3 Å². The van der Waals surface area contributed by atoms with Crippen molar-refractivity contribution in [2.45, 2.75) is 77.8 Å². The van der Waals surface area contributed by atoms with Gasteiger partial charge in [-0.2, -0.15) is 0 Å². The van der Waals surface area contributed by atoms with Crippen molar-refractivity contribution < 1.29 is 0 Å². The average Bonchev–Trinajstić information content (AvgIpc) is 2.35. The Morgan fingerprint density at radius 1 is 1.16 bits per heavy atom. The molecule has 2 aliphatic carbocycles. The van der Waals surface area contributed by atoms with E-state index in [1.165, 1.54) is 38.5 Å². The van der Waals surface area contributed by atoms with Gasteiger partial charge in [0.1, 0.15) is 0 Å². The van der Waals surface area contributed by atoms with E-state index in [2.05, 4.69) is 44.7 Å². The zero-order chi connectivity index (χ0) is 13.6. The highest BCUT2D eigenvalue weighted by molar-refractivity contribution is 5.35. The lowest BCUT2D eigenvalue weighted by molar-refractivity contribution is 0.0465. The zero-order valence-corrected chi connectivity index (χ0v) is 13.1. The van der Waals surface area contributed by atoms with Gasteiger partial charge in [-0.05, 0) is 69.9 Å². The highest BCUT2D eigenvalue weighted by Gasteiger charge is 2.42. The van der Waals surface area contributed by atoms with Crippen molar-refractivity contribution in [1.82, 2.24) is 4.90 Å². The van der Waals surface area contributed by atoms with Crippen LogP contribution in [-0.4, -0.2) is 16.5 Å². The molecule has 1 heteroatoms. The summed E-state index contributed by atoms with van der Waals surface area (Å²) >= 11 is 0. The molecule has 1 heterocycles. The predicted octanol–water partition coefficient (Wildman–Crippen LogP) is 4.90. The number of fused-ring (bicyclic) bond motifs is 1. The molecule has 3 rings (SSSR count). The Kier molecular flexibility index (Phi) is 3.27. The van der Waals surface area contributed by atoms with Gasteiger partial charge in [-0.15, -0.1) is 0 Å². The van der Waals surface area contributed by atoms with Crippen LogP contribution in [0.1, 0.15) is 66.2 Å². The lowest BCUT2D eigenvalue weighted by Crippen LogP contribution is -2.54. The molecule has 0 aromatic heterocycles. The molecule has 0 spiro atoms. The van der Waals surface area contributed by atoms with Gasteiger partial charge in [-0.3, -0.25) is 0 Å². The van der Waals surface area contributed by atoms with Crippen molar-refractivity contribution in [3.63, 3.8) is 0 Å². The van der Waals surface area contributed by atoms with Gasteiger partial charge in [0.15, 0.2) is 0 Å². The Balaban J connectivity index is 2.04. The Morgan fingerprint density at radius 2 is 1.89 bits per heavy atom. The maximum Gasteiger partial charge on any atom is 0.0364 e. The van der Waals surface area contributed by atoms with Crippen LogP contribution in [0.4, 0.5) is 0 Å². The van der Waals surface area contributed by atoms with E-state index in [4.69, 9.17) is 0 Å². The minimum atomic E-state index is 0.253. The van der Waals surface area contributed by atoms with Crippen LogP contribution in [0.3, 0.4) is 0 Å². The van der Waals surface area contributed by atoms with E-state index in [0.717, 1.165) is 17.9 Å². The first kappa shape index (κ1) is 13.3. The summed E-state index contributed by atoms with van der Waals surface area (Å²) in [6.45, 7) is 9.59. The molecule has 0 saturated heterocycles. The second kappa shape index (κ2) is 4.68. The van der Waals surface area contributed by atoms with E-state index in [0.29, 0.717) is 0 Å². The molecular weight excluding hydrogens is 230 g/mol. The smallest absolute Gasteiger partial charge is 0.0364 e. The summed E-state index contributed by atoms with van der Waals surface area (Å²) < 4.78 is 0. The van der Waals surface area contributed by atoms with E-state index in [9.17, 15) is 0 Å². The number of nitrogens with zero attached hydrogens (tertiary/aromatic N) is 1. The van der Waals surface area contributed by atoms with Crippen LogP contribution >= 0.6 is 0 Å². The predicted molar refractivity (Wildman–Crippen MR) is 81.9 cm³/mol. The largest absolute Gasteiger partial charge is 0.363 e. The summed E-state index contributed by atoms with van der Waals surface area (Å²) in [6.07, 6.45) is 13.2. The van der Waals surface area contributed by atoms with Gasteiger partial charge >= 0.3 is 0 Å². The van der Waals surface area contributed by atoms with Crippen LogP contribution in [0.15, 0.2) is 23.4 Å². The molecule has 0 N–H and O–H groups in total. The van der Waals surface area contributed by atoms with Crippen LogP contribution in [0.25, 0.3) is 0 Å². The number of hydrogen-bond donors (Lipinski definition) is 0. The van der Waals surface area contributed by atoms with Crippen molar-refractivity contribution in [3.05, 3.63) is 23.4 Å². The van der Waals surface area contributed by atoms with Crippen molar-refractivity contribution in [1.29, 1.82) is 0 Å². The quantitative estimate of drug-likeness (QED) is 0.598. The molecule has 1 aliphatic heterocycles. The number of rotatable bonds is 0. The molecule has 0 amide bonds. The summed E-state index contributed by atoms with van der Waals surface area (Å²) in [5.41, 5.74) is 3.58. The molecule has 19 heavy (non-hydrogen) atoms. The molecule has 1 fully saturated rings. The molecule has 0 bridgehead atoms. The van der Waals surface area contributed by atoms with E-state index in [1.807, 2.05) is 0 Å².